The van der Waals surface area contributed by atoms with Gasteiger partial charge in [-0.25, -0.2) is 9.59 Å². The van der Waals surface area contributed by atoms with Crippen molar-refractivity contribution < 1.29 is 19.1 Å². The van der Waals surface area contributed by atoms with E-state index in [4.69, 9.17) is 44.3 Å². The Kier molecular flexibility index (Phi) is 16.0. The lowest BCUT2D eigenvalue weighted by molar-refractivity contribution is 0.0130. The van der Waals surface area contributed by atoms with Crippen molar-refractivity contribution in [3.63, 3.8) is 0 Å². The third-order valence-corrected chi connectivity index (χ3v) is 12.4. The number of nitrogens with zero attached hydrogens (tertiary/aromatic N) is 5. The minimum absolute atomic E-state index is 0.0871. The van der Waals surface area contributed by atoms with Gasteiger partial charge in [0.15, 0.2) is 0 Å². The molecule has 4 aromatic rings. The molecule has 6 atom stereocenters. The molecular weight excluding hydrogens is 831 g/mol. The van der Waals surface area contributed by atoms with E-state index in [9.17, 15) is 9.59 Å². The fourth-order valence-corrected chi connectivity index (χ4v) is 9.04. The number of carbonyl (C=O) groups is 2. The largest absolute Gasteiger partial charge is 0.444 e. The number of likely N-dealkylation sites (tertiary alicyclic amines) is 3. The molecule has 6 unspecified atom stereocenters. The maximum absolute atomic E-state index is 12.6. The van der Waals surface area contributed by atoms with E-state index in [1.807, 2.05) is 124 Å². The van der Waals surface area contributed by atoms with Gasteiger partial charge in [-0.2, -0.15) is 0 Å². The van der Waals surface area contributed by atoms with Crippen molar-refractivity contribution in [3.8, 4) is 0 Å². The number of amides is 2. The second kappa shape index (κ2) is 21.0. The third-order valence-electron chi connectivity index (χ3n) is 11.5. The summed E-state index contributed by atoms with van der Waals surface area (Å²) in [4.78, 5) is 39.6. The van der Waals surface area contributed by atoms with Gasteiger partial charge in [0.05, 0.1) is 17.4 Å². The van der Waals surface area contributed by atoms with Crippen LogP contribution < -0.4 is 5.32 Å². The van der Waals surface area contributed by atoms with Gasteiger partial charge in [0, 0.05) is 61.7 Å². The summed E-state index contributed by atoms with van der Waals surface area (Å²) in [6.45, 7) is 18.8. The highest BCUT2D eigenvalue weighted by molar-refractivity contribution is 6.30. The van der Waals surface area contributed by atoms with E-state index in [0.29, 0.717) is 22.8 Å². The lowest BCUT2D eigenvalue weighted by atomic mass is 9.89. The Hall–Kier alpha value is -3.93. The molecule has 0 aliphatic carbocycles. The van der Waals surface area contributed by atoms with Crippen LogP contribution in [0.4, 0.5) is 9.59 Å². The number of fused-ring (bicyclic) bond motifs is 2. The van der Waals surface area contributed by atoms with Crippen molar-refractivity contribution in [2.75, 3.05) is 52.4 Å². The maximum Gasteiger partial charge on any atom is 0.410 e. The molecular formula is C48H61Cl3N6O4. The van der Waals surface area contributed by atoms with Crippen molar-refractivity contribution in [1.29, 1.82) is 0 Å². The van der Waals surface area contributed by atoms with Gasteiger partial charge in [-0.3, -0.25) is 14.9 Å². The molecule has 0 spiro atoms. The summed E-state index contributed by atoms with van der Waals surface area (Å²) in [7, 11) is 0. The van der Waals surface area contributed by atoms with Gasteiger partial charge >= 0.3 is 12.2 Å². The van der Waals surface area contributed by atoms with E-state index < -0.39 is 5.60 Å². The van der Waals surface area contributed by atoms with Crippen molar-refractivity contribution in [2.24, 2.45) is 23.7 Å². The van der Waals surface area contributed by atoms with Crippen LogP contribution in [-0.4, -0.2) is 100 Å². The lowest BCUT2D eigenvalue weighted by Crippen LogP contribution is -2.45. The van der Waals surface area contributed by atoms with Crippen molar-refractivity contribution in [3.05, 3.63) is 130 Å². The van der Waals surface area contributed by atoms with Crippen molar-refractivity contribution in [2.45, 2.75) is 77.0 Å². The zero-order valence-corrected chi connectivity index (χ0v) is 38.5. The minimum Gasteiger partial charge on any atom is -0.444 e. The van der Waals surface area contributed by atoms with Gasteiger partial charge in [-0.1, -0.05) is 59.6 Å². The number of halogens is 3. The maximum atomic E-state index is 12.6. The molecule has 4 fully saturated rings. The highest BCUT2D eigenvalue weighted by Gasteiger charge is 2.42. The van der Waals surface area contributed by atoms with E-state index in [2.05, 4.69) is 38.4 Å². The SMILES string of the molecule is CC(C)(C)OC(=O)N1CCC2CN(C(c3ccc(Cl)cc3)c3ccccn3)CC2C1.CC(C)(C)OC(=O)N1CCC2CNCC2C1.Clc1ccc(C(Cl)c2ccccn2)cc1. The summed E-state index contributed by atoms with van der Waals surface area (Å²) in [5.41, 5.74) is 3.24. The first-order valence-electron chi connectivity index (χ1n) is 21.4. The standard InChI is InChI=1S/C24H30ClN3O2.C12H9Cl2N.C12H22N2O2/c1-24(2,3)30-23(29)27-13-11-18-14-28(16-19(18)15-27)22(21-6-4-5-12-26-21)17-7-9-20(25)10-8-17;13-10-6-4-9(5-7-10)12(14)11-3-1-2-8-15-11;1-12(2,3)16-11(15)14-5-4-9-6-13-7-10(9)8-14/h4-10,12,18-19,22H,11,13-16H2,1-3H3;1-8,12H;9-10,13H,4-8H2,1-3H3. The monoisotopic (exact) mass is 890 g/mol. The molecule has 61 heavy (non-hydrogen) atoms. The van der Waals surface area contributed by atoms with Crippen LogP contribution in [0, 0.1) is 23.7 Å². The summed E-state index contributed by atoms with van der Waals surface area (Å²) in [5.74, 6) is 2.42. The fourth-order valence-electron chi connectivity index (χ4n) is 8.52. The Balaban J connectivity index is 0.000000169. The fraction of sp³-hybridized carbons (Fsp3) is 0.500. The molecule has 13 heteroatoms. The quantitative estimate of drug-likeness (QED) is 0.198. The zero-order chi connectivity index (χ0) is 43.7. The number of carbonyl (C=O) groups excluding carboxylic acids is 2. The topological polar surface area (TPSA) is 100 Å². The Morgan fingerprint density at radius 1 is 0.623 bits per heavy atom. The van der Waals surface area contributed by atoms with Crippen molar-refractivity contribution >= 4 is 47.0 Å². The van der Waals surface area contributed by atoms with Crippen LogP contribution in [0.5, 0.6) is 0 Å². The van der Waals surface area contributed by atoms with Gasteiger partial charge in [0.25, 0.3) is 0 Å². The average molecular weight is 892 g/mol. The predicted octanol–water partition coefficient (Wildman–Crippen LogP) is 10.5. The molecule has 328 valence electrons. The predicted molar refractivity (Wildman–Crippen MR) is 244 cm³/mol. The number of alkyl halides is 1. The Labute approximate surface area is 377 Å². The van der Waals surface area contributed by atoms with Gasteiger partial charge in [0.2, 0.25) is 0 Å². The van der Waals surface area contributed by atoms with Crippen LogP contribution in [0.1, 0.15) is 88.3 Å². The number of pyridine rings is 2. The summed E-state index contributed by atoms with van der Waals surface area (Å²) in [6, 6.07) is 27.4. The van der Waals surface area contributed by atoms with Crippen molar-refractivity contribution in [1.82, 2.24) is 30.0 Å². The number of hydrogen-bond donors (Lipinski definition) is 1. The first-order valence-corrected chi connectivity index (χ1v) is 22.6. The second-order valence-electron chi connectivity index (χ2n) is 18.5. The normalized spacial score (nSPS) is 22.3. The third kappa shape index (κ3) is 13.5. The smallest absolute Gasteiger partial charge is 0.410 e. The van der Waals surface area contributed by atoms with E-state index in [1.54, 1.807) is 6.20 Å². The first kappa shape index (κ1) is 46.6. The minimum atomic E-state index is -0.464. The van der Waals surface area contributed by atoms with E-state index in [1.165, 1.54) is 5.56 Å². The Bertz CT molecular complexity index is 2000. The number of hydrogen-bond acceptors (Lipinski definition) is 8. The number of ether oxygens (including phenoxy) is 2. The van der Waals surface area contributed by atoms with E-state index >= 15 is 0 Å². The second-order valence-corrected chi connectivity index (χ2v) is 19.8. The van der Waals surface area contributed by atoms with Crippen LogP contribution in [-0.2, 0) is 9.47 Å². The Morgan fingerprint density at radius 2 is 1.10 bits per heavy atom. The highest BCUT2D eigenvalue weighted by Crippen LogP contribution is 2.39. The molecule has 0 bridgehead atoms. The summed E-state index contributed by atoms with van der Waals surface area (Å²) in [5, 5.41) is 4.62. The number of benzene rings is 2. The van der Waals surface area contributed by atoms with Crippen LogP contribution in [0.3, 0.4) is 0 Å². The summed E-state index contributed by atoms with van der Waals surface area (Å²) in [6.07, 6.45) is 5.36. The molecule has 6 heterocycles. The average Bonchev–Trinajstić information content (AvgIpc) is 3.88. The van der Waals surface area contributed by atoms with E-state index in [-0.39, 0.29) is 29.2 Å². The van der Waals surface area contributed by atoms with Crippen LogP contribution in [0.15, 0.2) is 97.3 Å². The Morgan fingerprint density at radius 3 is 1.62 bits per heavy atom. The van der Waals surface area contributed by atoms with Gasteiger partial charge in [0.1, 0.15) is 16.6 Å². The van der Waals surface area contributed by atoms with Gasteiger partial charge in [-0.15, -0.1) is 11.6 Å². The molecule has 1 N–H and O–H groups in total. The molecule has 4 aliphatic rings. The molecule has 4 saturated heterocycles. The lowest BCUT2D eigenvalue weighted by Gasteiger charge is -2.35. The molecule has 10 nitrogen and oxygen atoms in total. The van der Waals surface area contributed by atoms with Crippen LogP contribution in [0.25, 0.3) is 0 Å². The number of aromatic nitrogens is 2. The molecule has 2 aromatic heterocycles. The van der Waals surface area contributed by atoms with Gasteiger partial charge < -0.3 is 24.6 Å². The summed E-state index contributed by atoms with van der Waals surface area (Å²) < 4.78 is 11.0. The highest BCUT2D eigenvalue weighted by atomic mass is 35.5. The van der Waals surface area contributed by atoms with Crippen LogP contribution >= 0.6 is 34.8 Å². The molecule has 4 aliphatic heterocycles. The van der Waals surface area contributed by atoms with E-state index in [0.717, 1.165) is 93.1 Å². The number of piperidine rings is 2. The van der Waals surface area contributed by atoms with Gasteiger partial charge in [-0.05, 0) is 151 Å². The molecule has 0 radical (unpaired) electrons. The molecule has 2 amide bonds. The molecule has 8 rings (SSSR count). The number of nitrogens with one attached hydrogen (secondary N) is 1. The van der Waals surface area contributed by atoms with Crippen LogP contribution in [0.2, 0.25) is 10.0 Å². The zero-order valence-electron chi connectivity index (χ0n) is 36.3. The molecule has 2 aromatic carbocycles. The summed E-state index contributed by atoms with van der Waals surface area (Å²) >= 11 is 18.2. The molecule has 0 saturated carbocycles. The first-order chi connectivity index (χ1) is 29.0. The number of rotatable bonds is 5.